The summed E-state index contributed by atoms with van der Waals surface area (Å²) in [5, 5.41) is 5.84. The second-order valence-electron chi connectivity index (χ2n) is 5.32. The molecule has 1 rings (SSSR count). The lowest BCUT2D eigenvalue weighted by Gasteiger charge is -2.09. The maximum Gasteiger partial charge on any atom is 0.416 e. The van der Waals surface area contributed by atoms with Crippen molar-refractivity contribution in [1.29, 1.82) is 0 Å². The molecule has 2 N–H and O–H groups in total. The summed E-state index contributed by atoms with van der Waals surface area (Å²) < 4.78 is 37.2. The van der Waals surface area contributed by atoms with E-state index in [0.29, 0.717) is 32.0 Å². The van der Waals surface area contributed by atoms with Gasteiger partial charge in [-0.1, -0.05) is 26.0 Å². The van der Waals surface area contributed by atoms with Crippen molar-refractivity contribution in [3.8, 4) is 0 Å². The summed E-state index contributed by atoms with van der Waals surface area (Å²) in [5.41, 5.74) is 0.102. The van der Waals surface area contributed by atoms with Gasteiger partial charge in [0.25, 0.3) is 0 Å². The number of benzene rings is 1. The van der Waals surface area contributed by atoms with Crippen LogP contribution in [0.15, 0.2) is 24.3 Å². The highest BCUT2D eigenvalue weighted by molar-refractivity contribution is 5.76. The molecule has 1 aromatic carbocycles. The number of rotatable bonds is 7. The zero-order chi connectivity index (χ0) is 15.9. The van der Waals surface area contributed by atoms with Crippen LogP contribution in [0.2, 0.25) is 0 Å². The molecule has 0 aliphatic carbocycles. The van der Waals surface area contributed by atoms with Crippen LogP contribution in [0.3, 0.4) is 0 Å². The zero-order valence-electron chi connectivity index (χ0n) is 12.3. The number of carbonyl (C=O) groups excluding carboxylic acids is 1. The number of halogens is 3. The molecule has 0 aliphatic rings. The van der Waals surface area contributed by atoms with Crippen LogP contribution in [-0.4, -0.2) is 19.0 Å². The van der Waals surface area contributed by atoms with Crippen molar-refractivity contribution < 1.29 is 18.0 Å². The fourth-order valence-electron chi connectivity index (χ4n) is 1.65. The fraction of sp³-hybridized carbons (Fsp3) is 0.533. The Morgan fingerprint density at radius 2 is 1.81 bits per heavy atom. The van der Waals surface area contributed by atoms with Gasteiger partial charge in [-0.2, -0.15) is 13.2 Å². The van der Waals surface area contributed by atoms with Crippen LogP contribution in [0, 0.1) is 5.92 Å². The van der Waals surface area contributed by atoms with Crippen LogP contribution in [0.5, 0.6) is 0 Å². The first-order chi connectivity index (χ1) is 9.79. The largest absolute Gasteiger partial charge is 0.416 e. The van der Waals surface area contributed by atoms with E-state index >= 15 is 0 Å². The number of carbonyl (C=O) groups is 1. The Morgan fingerprint density at radius 1 is 1.19 bits per heavy atom. The van der Waals surface area contributed by atoms with E-state index in [0.717, 1.165) is 17.7 Å². The fourth-order valence-corrected chi connectivity index (χ4v) is 1.65. The summed E-state index contributed by atoms with van der Waals surface area (Å²) in [5.74, 6) is 0.387. The molecule has 0 unspecified atom stereocenters. The van der Waals surface area contributed by atoms with Crippen molar-refractivity contribution >= 4 is 5.91 Å². The average Bonchev–Trinajstić information content (AvgIpc) is 2.41. The minimum Gasteiger partial charge on any atom is -0.356 e. The first kappa shape index (κ1) is 17.5. The number of hydrogen-bond acceptors (Lipinski definition) is 2. The molecule has 0 radical (unpaired) electrons. The van der Waals surface area contributed by atoms with Crippen LogP contribution < -0.4 is 10.6 Å². The van der Waals surface area contributed by atoms with Gasteiger partial charge in [0.1, 0.15) is 0 Å². The van der Waals surface area contributed by atoms with E-state index in [4.69, 9.17) is 0 Å². The lowest BCUT2D eigenvalue weighted by molar-refractivity contribution is -0.137. The summed E-state index contributed by atoms with van der Waals surface area (Å²) >= 11 is 0. The highest BCUT2D eigenvalue weighted by Crippen LogP contribution is 2.28. The molecule has 0 aliphatic heterocycles. The standard InChI is InChI=1S/C15H21F3N2O/c1-11(2)9-20-14(21)7-8-19-10-12-3-5-13(6-4-12)15(16,17)18/h3-6,11,19H,7-10H2,1-2H3,(H,20,21). The molecule has 0 aromatic heterocycles. The minimum absolute atomic E-state index is 0.0244. The highest BCUT2D eigenvalue weighted by atomic mass is 19.4. The maximum atomic E-state index is 12.4. The normalized spacial score (nSPS) is 11.7. The third-order valence-corrected chi connectivity index (χ3v) is 2.85. The van der Waals surface area contributed by atoms with Gasteiger partial charge < -0.3 is 10.6 Å². The summed E-state index contributed by atoms with van der Waals surface area (Å²) in [4.78, 5) is 11.4. The number of alkyl halides is 3. The van der Waals surface area contributed by atoms with Crippen molar-refractivity contribution in [2.24, 2.45) is 5.92 Å². The molecule has 118 valence electrons. The molecular weight excluding hydrogens is 281 g/mol. The third-order valence-electron chi connectivity index (χ3n) is 2.85. The molecule has 1 aromatic rings. The molecule has 0 spiro atoms. The van der Waals surface area contributed by atoms with Crippen LogP contribution in [0.1, 0.15) is 31.4 Å². The molecule has 0 bridgehead atoms. The second kappa shape index (κ2) is 8.02. The average molecular weight is 302 g/mol. The Hall–Kier alpha value is -1.56. The lowest BCUT2D eigenvalue weighted by Crippen LogP contribution is -2.30. The second-order valence-corrected chi connectivity index (χ2v) is 5.32. The topological polar surface area (TPSA) is 41.1 Å². The van der Waals surface area contributed by atoms with E-state index in [1.54, 1.807) is 0 Å². The van der Waals surface area contributed by atoms with Gasteiger partial charge in [-0.25, -0.2) is 0 Å². The van der Waals surface area contributed by atoms with Gasteiger partial charge in [-0.05, 0) is 23.6 Å². The predicted octanol–water partition coefficient (Wildman–Crippen LogP) is 2.96. The van der Waals surface area contributed by atoms with Gasteiger partial charge >= 0.3 is 6.18 Å². The summed E-state index contributed by atoms with van der Waals surface area (Å²) in [6.07, 6.45) is -3.95. The minimum atomic E-state index is -4.31. The van der Waals surface area contributed by atoms with E-state index in [1.807, 2.05) is 13.8 Å². The van der Waals surface area contributed by atoms with Gasteiger partial charge in [-0.3, -0.25) is 4.79 Å². The number of hydrogen-bond donors (Lipinski definition) is 2. The van der Waals surface area contributed by atoms with Crippen LogP contribution in [0.4, 0.5) is 13.2 Å². The molecule has 0 heterocycles. The predicted molar refractivity (Wildman–Crippen MR) is 75.6 cm³/mol. The Morgan fingerprint density at radius 3 is 2.33 bits per heavy atom. The Balaban J connectivity index is 2.25. The monoisotopic (exact) mass is 302 g/mol. The van der Waals surface area contributed by atoms with Crippen molar-refractivity contribution in [3.05, 3.63) is 35.4 Å². The molecule has 21 heavy (non-hydrogen) atoms. The molecule has 0 saturated heterocycles. The summed E-state index contributed by atoms with van der Waals surface area (Å²) in [7, 11) is 0. The third kappa shape index (κ3) is 7.13. The van der Waals surface area contributed by atoms with E-state index in [1.165, 1.54) is 12.1 Å². The van der Waals surface area contributed by atoms with Crippen molar-refractivity contribution in [1.82, 2.24) is 10.6 Å². The first-order valence-corrected chi connectivity index (χ1v) is 6.92. The quantitative estimate of drug-likeness (QED) is 0.760. The first-order valence-electron chi connectivity index (χ1n) is 6.92. The molecule has 0 fully saturated rings. The van der Waals surface area contributed by atoms with E-state index in [2.05, 4.69) is 10.6 Å². The highest BCUT2D eigenvalue weighted by Gasteiger charge is 2.29. The molecule has 0 saturated carbocycles. The van der Waals surface area contributed by atoms with Gasteiger partial charge in [0.15, 0.2) is 0 Å². The van der Waals surface area contributed by atoms with Crippen LogP contribution in [0.25, 0.3) is 0 Å². The van der Waals surface area contributed by atoms with Gasteiger partial charge in [0.05, 0.1) is 5.56 Å². The Labute approximate surface area is 122 Å². The van der Waals surface area contributed by atoms with E-state index < -0.39 is 11.7 Å². The number of nitrogens with one attached hydrogen (secondary N) is 2. The van der Waals surface area contributed by atoms with Crippen molar-refractivity contribution in [2.45, 2.75) is 33.0 Å². The van der Waals surface area contributed by atoms with Gasteiger partial charge in [0, 0.05) is 26.1 Å². The summed E-state index contributed by atoms with van der Waals surface area (Å²) in [6, 6.07) is 5.00. The molecule has 3 nitrogen and oxygen atoms in total. The van der Waals surface area contributed by atoms with Gasteiger partial charge in [0.2, 0.25) is 5.91 Å². The van der Waals surface area contributed by atoms with Crippen LogP contribution >= 0.6 is 0 Å². The Kier molecular flexibility index (Phi) is 6.68. The lowest BCUT2D eigenvalue weighted by atomic mass is 10.1. The molecule has 0 atom stereocenters. The molecular formula is C15H21F3N2O. The molecule has 1 amide bonds. The summed E-state index contributed by atoms with van der Waals surface area (Å²) in [6.45, 7) is 5.62. The van der Waals surface area contributed by atoms with E-state index in [9.17, 15) is 18.0 Å². The van der Waals surface area contributed by atoms with Crippen LogP contribution in [-0.2, 0) is 17.5 Å². The Bertz CT molecular complexity index is 441. The van der Waals surface area contributed by atoms with Gasteiger partial charge in [-0.15, -0.1) is 0 Å². The smallest absolute Gasteiger partial charge is 0.356 e. The van der Waals surface area contributed by atoms with Crippen molar-refractivity contribution in [2.75, 3.05) is 13.1 Å². The zero-order valence-corrected chi connectivity index (χ0v) is 12.3. The molecule has 6 heteroatoms. The van der Waals surface area contributed by atoms with E-state index in [-0.39, 0.29) is 5.91 Å². The maximum absolute atomic E-state index is 12.4. The number of amides is 1. The van der Waals surface area contributed by atoms with Crippen molar-refractivity contribution in [3.63, 3.8) is 0 Å². The SMILES string of the molecule is CC(C)CNC(=O)CCNCc1ccc(C(F)(F)F)cc1.